The Kier molecular flexibility index (Phi) is 4.66. The van der Waals surface area contributed by atoms with Crippen LogP contribution in [0.2, 0.25) is 0 Å². The summed E-state index contributed by atoms with van der Waals surface area (Å²) in [4.78, 5) is 10.6. The average molecular weight is 266 g/mol. The van der Waals surface area contributed by atoms with E-state index in [4.69, 9.17) is 9.84 Å². The predicted octanol–water partition coefficient (Wildman–Crippen LogP) is 2.72. The van der Waals surface area contributed by atoms with Crippen molar-refractivity contribution in [2.45, 2.75) is 36.9 Å². The molecule has 2 rings (SSSR count). The summed E-state index contributed by atoms with van der Waals surface area (Å²) in [7, 11) is 0. The van der Waals surface area contributed by atoms with Gasteiger partial charge in [-0.3, -0.25) is 4.79 Å². The lowest BCUT2D eigenvalue weighted by atomic mass is 10.1. The van der Waals surface area contributed by atoms with Gasteiger partial charge in [-0.2, -0.15) is 11.8 Å². The van der Waals surface area contributed by atoms with Crippen LogP contribution in [0.1, 0.15) is 24.5 Å². The number of benzene rings is 1. The van der Waals surface area contributed by atoms with Crippen LogP contribution >= 0.6 is 11.8 Å². The van der Waals surface area contributed by atoms with E-state index in [1.165, 1.54) is 5.56 Å². The maximum atomic E-state index is 10.6. The Bertz CT molecular complexity index is 402. The van der Waals surface area contributed by atoms with Crippen molar-refractivity contribution in [3.05, 3.63) is 35.4 Å². The Morgan fingerprint density at radius 1 is 1.39 bits per heavy atom. The van der Waals surface area contributed by atoms with Crippen LogP contribution in [-0.4, -0.2) is 29.0 Å². The molecule has 1 aliphatic heterocycles. The number of thioether (sulfide) groups is 1. The molecule has 2 unspecified atom stereocenters. The molecule has 0 spiro atoms. The standard InChI is InChI=1S/C14H18O3S/c1-10-13(6-7-17-10)18-9-12-4-2-11(3-5-12)8-14(15)16/h2-5,10,13H,6-9H2,1H3,(H,15,16). The van der Waals surface area contributed by atoms with Crippen LogP contribution < -0.4 is 0 Å². The van der Waals surface area contributed by atoms with Crippen LogP contribution in [0.25, 0.3) is 0 Å². The lowest BCUT2D eigenvalue weighted by Crippen LogP contribution is -2.13. The second kappa shape index (κ2) is 6.25. The van der Waals surface area contributed by atoms with Gasteiger partial charge in [0.1, 0.15) is 0 Å². The van der Waals surface area contributed by atoms with Gasteiger partial charge in [-0.25, -0.2) is 0 Å². The van der Waals surface area contributed by atoms with Crippen molar-refractivity contribution in [3.8, 4) is 0 Å². The average Bonchev–Trinajstić information content (AvgIpc) is 2.73. The number of carboxylic acid groups (broad SMARTS) is 1. The number of aliphatic carboxylic acids is 1. The Hall–Kier alpha value is -1.00. The van der Waals surface area contributed by atoms with Crippen LogP contribution in [-0.2, 0) is 21.7 Å². The molecule has 98 valence electrons. The van der Waals surface area contributed by atoms with Gasteiger partial charge in [0, 0.05) is 17.6 Å². The van der Waals surface area contributed by atoms with Gasteiger partial charge in [-0.05, 0) is 24.5 Å². The number of hydrogen-bond donors (Lipinski definition) is 1. The fourth-order valence-corrected chi connectivity index (χ4v) is 3.27. The molecule has 0 aliphatic carbocycles. The zero-order valence-corrected chi connectivity index (χ0v) is 11.3. The fourth-order valence-electron chi connectivity index (χ4n) is 2.06. The van der Waals surface area contributed by atoms with Crippen molar-refractivity contribution in [2.24, 2.45) is 0 Å². The number of carboxylic acids is 1. The summed E-state index contributed by atoms with van der Waals surface area (Å²) in [5, 5.41) is 9.28. The highest BCUT2D eigenvalue weighted by Gasteiger charge is 2.24. The van der Waals surface area contributed by atoms with Crippen LogP contribution in [0.4, 0.5) is 0 Å². The Labute approximate surface area is 112 Å². The zero-order valence-electron chi connectivity index (χ0n) is 10.5. The molecular formula is C14H18O3S. The van der Waals surface area contributed by atoms with E-state index in [9.17, 15) is 4.79 Å². The molecular weight excluding hydrogens is 248 g/mol. The molecule has 1 heterocycles. The maximum absolute atomic E-state index is 10.6. The zero-order chi connectivity index (χ0) is 13.0. The van der Waals surface area contributed by atoms with Crippen LogP contribution in [0.5, 0.6) is 0 Å². The second-order valence-corrected chi connectivity index (χ2v) is 5.83. The normalized spacial score (nSPS) is 23.2. The van der Waals surface area contributed by atoms with Gasteiger partial charge >= 0.3 is 5.97 Å². The number of rotatable bonds is 5. The SMILES string of the molecule is CC1OCCC1SCc1ccc(CC(=O)O)cc1. The van der Waals surface area contributed by atoms with Crippen molar-refractivity contribution in [1.29, 1.82) is 0 Å². The first kappa shape index (κ1) is 13.4. The molecule has 1 aromatic carbocycles. The predicted molar refractivity (Wildman–Crippen MR) is 72.9 cm³/mol. The third kappa shape index (κ3) is 3.75. The quantitative estimate of drug-likeness (QED) is 0.890. The molecule has 4 heteroatoms. The molecule has 0 saturated carbocycles. The molecule has 0 radical (unpaired) electrons. The minimum absolute atomic E-state index is 0.0981. The molecule has 0 amide bonds. The van der Waals surface area contributed by atoms with Gasteiger partial charge in [-0.1, -0.05) is 24.3 Å². The van der Waals surface area contributed by atoms with Gasteiger partial charge in [0.05, 0.1) is 12.5 Å². The van der Waals surface area contributed by atoms with Gasteiger partial charge in [-0.15, -0.1) is 0 Å². The summed E-state index contributed by atoms with van der Waals surface area (Å²) in [5.41, 5.74) is 2.10. The third-order valence-electron chi connectivity index (χ3n) is 3.15. The highest BCUT2D eigenvalue weighted by Crippen LogP contribution is 2.28. The molecule has 3 nitrogen and oxygen atoms in total. The largest absolute Gasteiger partial charge is 0.481 e. The highest BCUT2D eigenvalue weighted by molar-refractivity contribution is 7.99. The monoisotopic (exact) mass is 266 g/mol. The van der Waals surface area contributed by atoms with E-state index < -0.39 is 5.97 Å². The van der Waals surface area contributed by atoms with Crippen LogP contribution in [0.3, 0.4) is 0 Å². The Balaban J connectivity index is 1.84. The summed E-state index contributed by atoms with van der Waals surface area (Å²) in [6, 6.07) is 7.84. The lowest BCUT2D eigenvalue weighted by Gasteiger charge is -2.13. The van der Waals surface area contributed by atoms with E-state index in [1.54, 1.807) is 0 Å². The van der Waals surface area contributed by atoms with Gasteiger partial charge < -0.3 is 9.84 Å². The number of ether oxygens (including phenoxy) is 1. The second-order valence-electron chi connectivity index (χ2n) is 4.60. The summed E-state index contributed by atoms with van der Waals surface area (Å²) < 4.78 is 5.53. The fraction of sp³-hybridized carbons (Fsp3) is 0.500. The van der Waals surface area contributed by atoms with E-state index in [2.05, 4.69) is 6.92 Å². The molecule has 0 aromatic heterocycles. The molecule has 1 saturated heterocycles. The van der Waals surface area contributed by atoms with Crippen molar-refractivity contribution in [2.75, 3.05) is 6.61 Å². The van der Waals surface area contributed by atoms with Crippen LogP contribution in [0.15, 0.2) is 24.3 Å². The van der Waals surface area contributed by atoms with Crippen LogP contribution in [0, 0.1) is 0 Å². The minimum Gasteiger partial charge on any atom is -0.481 e. The summed E-state index contributed by atoms with van der Waals surface area (Å²) in [6.07, 6.45) is 1.57. The Morgan fingerprint density at radius 3 is 2.61 bits per heavy atom. The van der Waals surface area contributed by atoms with Gasteiger partial charge in [0.2, 0.25) is 0 Å². The topological polar surface area (TPSA) is 46.5 Å². The Morgan fingerprint density at radius 2 is 2.06 bits per heavy atom. The first-order valence-corrected chi connectivity index (χ1v) is 7.23. The summed E-state index contributed by atoms with van der Waals surface area (Å²) in [6.45, 7) is 3.00. The highest BCUT2D eigenvalue weighted by atomic mass is 32.2. The summed E-state index contributed by atoms with van der Waals surface area (Å²) in [5.74, 6) is 0.181. The maximum Gasteiger partial charge on any atom is 0.307 e. The molecule has 18 heavy (non-hydrogen) atoms. The summed E-state index contributed by atoms with van der Waals surface area (Å²) >= 11 is 1.92. The molecule has 0 bridgehead atoms. The van der Waals surface area contributed by atoms with Gasteiger partial charge in [0.25, 0.3) is 0 Å². The van der Waals surface area contributed by atoms with E-state index in [1.807, 2.05) is 36.0 Å². The van der Waals surface area contributed by atoms with E-state index in [-0.39, 0.29) is 6.42 Å². The van der Waals surface area contributed by atoms with Gasteiger partial charge in [0.15, 0.2) is 0 Å². The molecule has 1 fully saturated rings. The molecule has 1 aromatic rings. The molecule has 1 N–H and O–H groups in total. The van der Waals surface area contributed by atoms with Crippen molar-refractivity contribution >= 4 is 17.7 Å². The lowest BCUT2D eigenvalue weighted by molar-refractivity contribution is -0.136. The van der Waals surface area contributed by atoms with Crippen molar-refractivity contribution in [1.82, 2.24) is 0 Å². The van der Waals surface area contributed by atoms with E-state index >= 15 is 0 Å². The smallest absolute Gasteiger partial charge is 0.307 e. The van der Waals surface area contributed by atoms with Crippen molar-refractivity contribution < 1.29 is 14.6 Å². The third-order valence-corrected chi connectivity index (χ3v) is 4.70. The minimum atomic E-state index is -0.783. The van der Waals surface area contributed by atoms with Crippen molar-refractivity contribution in [3.63, 3.8) is 0 Å². The first-order chi connectivity index (χ1) is 8.65. The molecule has 2 atom stereocenters. The van der Waals surface area contributed by atoms with E-state index in [0.29, 0.717) is 11.4 Å². The number of hydrogen-bond acceptors (Lipinski definition) is 3. The first-order valence-electron chi connectivity index (χ1n) is 6.18. The van der Waals surface area contributed by atoms with E-state index in [0.717, 1.165) is 24.3 Å². The molecule has 1 aliphatic rings. The number of carbonyl (C=O) groups is 1.